The summed E-state index contributed by atoms with van der Waals surface area (Å²) >= 11 is 1.54. The van der Waals surface area contributed by atoms with Crippen molar-refractivity contribution in [1.29, 1.82) is 0 Å². The molecule has 0 unspecified atom stereocenters. The summed E-state index contributed by atoms with van der Waals surface area (Å²) in [6.07, 6.45) is 10.9. The molecule has 0 radical (unpaired) electrons. The Hall–Kier alpha value is -2.38. The van der Waals surface area contributed by atoms with Gasteiger partial charge in [0.2, 0.25) is 5.95 Å². The highest BCUT2D eigenvalue weighted by Gasteiger charge is 2.25. The number of piperidine rings is 1. The van der Waals surface area contributed by atoms with E-state index in [4.69, 9.17) is 4.98 Å². The molecule has 128 valence electrons. The fourth-order valence-electron chi connectivity index (χ4n) is 3.24. The highest BCUT2D eigenvalue weighted by Crippen LogP contribution is 2.31. The summed E-state index contributed by atoms with van der Waals surface area (Å²) in [5, 5.41) is 5.93. The maximum atomic E-state index is 4.75. The minimum Gasteiger partial charge on any atom is -0.300 e. The van der Waals surface area contributed by atoms with Gasteiger partial charge in [0, 0.05) is 36.7 Å². The zero-order valence-electron chi connectivity index (χ0n) is 13.9. The molecule has 4 rings (SSSR count). The highest BCUT2D eigenvalue weighted by atomic mass is 32.1. The molecule has 3 aromatic rings. The van der Waals surface area contributed by atoms with Gasteiger partial charge in [0.1, 0.15) is 0 Å². The second-order valence-corrected chi connectivity index (χ2v) is 7.00. The van der Waals surface area contributed by atoms with Gasteiger partial charge in [-0.2, -0.15) is 0 Å². The largest absolute Gasteiger partial charge is 0.300 e. The summed E-state index contributed by atoms with van der Waals surface area (Å²) < 4.78 is 0. The van der Waals surface area contributed by atoms with Gasteiger partial charge in [0.15, 0.2) is 5.13 Å². The van der Waals surface area contributed by atoms with Crippen molar-refractivity contribution in [3.05, 3.63) is 59.6 Å². The molecule has 0 amide bonds. The molecule has 0 saturated carbocycles. The summed E-state index contributed by atoms with van der Waals surface area (Å²) in [6.45, 7) is 2.01. The zero-order valence-corrected chi connectivity index (χ0v) is 14.7. The van der Waals surface area contributed by atoms with Crippen molar-refractivity contribution in [1.82, 2.24) is 24.8 Å². The third-order valence-corrected chi connectivity index (χ3v) is 5.11. The van der Waals surface area contributed by atoms with Crippen LogP contribution >= 0.6 is 11.3 Å². The molecule has 25 heavy (non-hydrogen) atoms. The fraction of sp³-hybridized carbons (Fsp3) is 0.333. The van der Waals surface area contributed by atoms with Gasteiger partial charge < -0.3 is 5.32 Å². The van der Waals surface area contributed by atoms with Crippen molar-refractivity contribution in [3.63, 3.8) is 0 Å². The van der Waals surface area contributed by atoms with Crippen LogP contribution in [0.5, 0.6) is 0 Å². The van der Waals surface area contributed by atoms with Crippen LogP contribution in [-0.4, -0.2) is 31.4 Å². The third kappa shape index (κ3) is 4.00. The lowest BCUT2D eigenvalue weighted by Gasteiger charge is -2.35. The van der Waals surface area contributed by atoms with E-state index in [1.807, 2.05) is 30.0 Å². The fourth-order valence-corrected chi connectivity index (χ4v) is 3.76. The van der Waals surface area contributed by atoms with Gasteiger partial charge >= 0.3 is 0 Å². The molecule has 1 aliphatic rings. The number of hydrogen-bond acceptors (Lipinski definition) is 7. The predicted molar refractivity (Wildman–Crippen MR) is 98.7 cm³/mol. The number of aromatic nitrogens is 4. The first-order chi connectivity index (χ1) is 12.4. The van der Waals surface area contributed by atoms with Crippen LogP contribution in [0, 0.1) is 0 Å². The van der Waals surface area contributed by atoms with Crippen LogP contribution in [0.15, 0.2) is 48.4 Å². The molecule has 1 N–H and O–H groups in total. The Morgan fingerprint density at radius 1 is 1.08 bits per heavy atom. The van der Waals surface area contributed by atoms with Crippen LogP contribution in [-0.2, 0) is 6.54 Å². The first-order valence-electron chi connectivity index (χ1n) is 8.51. The second kappa shape index (κ2) is 7.67. The summed E-state index contributed by atoms with van der Waals surface area (Å²) in [5.74, 6) is 0.613. The summed E-state index contributed by atoms with van der Waals surface area (Å²) in [6, 6.07) is 6.52. The van der Waals surface area contributed by atoms with E-state index in [0.29, 0.717) is 12.0 Å². The average molecular weight is 352 g/mol. The van der Waals surface area contributed by atoms with Crippen molar-refractivity contribution in [2.75, 3.05) is 11.9 Å². The van der Waals surface area contributed by atoms with E-state index >= 15 is 0 Å². The van der Waals surface area contributed by atoms with Crippen LogP contribution in [0.25, 0.3) is 0 Å². The maximum Gasteiger partial charge on any atom is 0.229 e. The first-order valence-corrected chi connectivity index (χ1v) is 9.39. The van der Waals surface area contributed by atoms with Crippen LogP contribution < -0.4 is 5.32 Å². The molecular weight excluding hydrogens is 332 g/mol. The number of nitrogens with one attached hydrogen (secondary N) is 1. The van der Waals surface area contributed by atoms with Crippen molar-refractivity contribution < 1.29 is 0 Å². The van der Waals surface area contributed by atoms with Gasteiger partial charge in [-0.1, -0.05) is 6.42 Å². The maximum absolute atomic E-state index is 4.75. The molecule has 1 aliphatic heterocycles. The lowest BCUT2D eigenvalue weighted by atomic mass is 9.98. The summed E-state index contributed by atoms with van der Waals surface area (Å²) in [5.41, 5.74) is 2.36. The summed E-state index contributed by atoms with van der Waals surface area (Å²) in [7, 11) is 0. The number of rotatable bonds is 5. The lowest BCUT2D eigenvalue weighted by Crippen LogP contribution is -2.33. The van der Waals surface area contributed by atoms with Gasteiger partial charge in [0.25, 0.3) is 0 Å². The van der Waals surface area contributed by atoms with Crippen molar-refractivity contribution in [3.8, 4) is 0 Å². The molecule has 0 bridgehead atoms. The number of likely N-dealkylation sites (tertiary alicyclic amines) is 1. The predicted octanol–water partition coefficient (Wildman–Crippen LogP) is 3.80. The summed E-state index contributed by atoms with van der Waals surface area (Å²) in [4.78, 5) is 19.9. The monoisotopic (exact) mass is 352 g/mol. The molecule has 6 nitrogen and oxygen atoms in total. The molecule has 0 aromatic carbocycles. The van der Waals surface area contributed by atoms with E-state index in [1.165, 1.54) is 18.4 Å². The van der Waals surface area contributed by atoms with E-state index in [1.54, 1.807) is 17.5 Å². The quantitative estimate of drug-likeness (QED) is 0.753. The van der Waals surface area contributed by atoms with E-state index in [9.17, 15) is 0 Å². The molecule has 1 atom stereocenters. The smallest absolute Gasteiger partial charge is 0.229 e. The minimum absolute atomic E-state index is 0.321. The van der Waals surface area contributed by atoms with Gasteiger partial charge in [-0.15, -0.1) is 11.3 Å². The van der Waals surface area contributed by atoms with E-state index in [0.717, 1.165) is 30.3 Å². The average Bonchev–Trinajstić information content (AvgIpc) is 3.16. The van der Waals surface area contributed by atoms with Crippen LogP contribution in [0.3, 0.4) is 0 Å². The van der Waals surface area contributed by atoms with Crippen LogP contribution in [0.1, 0.15) is 36.6 Å². The molecule has 4 heterocycles. The van der Waals surface area contributed by atoms with Gasteiger partial charge in [-0.05, 0) is 43.1 Å². The van der Waals surface area contributed by atoms with Crippen molar-refractivity contribution >= 4 is 22.4 Å². The topological polar surface area (TPSA) is 66.8 Å². The Bertz CT molecular complexity index is 792. The van der Waals surface area contributed by atoms with Gasteiger partial charge in [-0.3, -0.25) is 9.88 Å². The van der Waals surface area contributed by atoms with E-state index in [-0.39, 0.29) is 0 Å². The molecular formula is C18H20N6S. The van der Waals surface area contributed by atoms with E-state index < -0.39 is 0 Å². The molecule has 7 heteroatoms. The van der Waals surface area contributed by atoms with Gasteiger partial charge in [0.05, 0.1) is 11.7 Å². The van der Waals surface area contributed by atoms with Crippen molar-refractivity contribution in [2.24, 2.45) is 0 Å². The van der Waals surface area contributed by atoms with Gasteiger partial charge in [-0.25, -0.2) is 15.0 Å². The number of pyridine rings is 1. The number of nitrogens with zero attached hydrogens (tertiary/aromatic N) is 5. The third-order valence-electron chi connectivity index (χ3n) is 4.42. The Kier molecular flexibility index (Phi) is 4.94. The SMILES string of the molecule is c1cc(CN2CCCC[C@H]2c2ccnc(Nc3nccs3)n2)ccn1. The Morgan fingerprint density at radius 2 is 2.00 bits per heavy atom. The molecule has 1 saturated heterocycles. The molecule has 3 aromatic heterocycles. The standard InChI is InChI=1S/C18H20N6S/c1-2-11-24(13-14-4-7-19-8-5-14)16(3-1)15-6-9-20-17(22-15)23-18-21-10-12-25-18/h4-10,12,16H,1-3,11,13H2,(H,20,21,22,23)/t16-/m0/s1. The zero-order chi connectivity index (χ0) is 16.9. The number of thiazole rings is 1. The molecule has 0 aliphatic carbocycles. The first kappa shape index (κ1) is 16.1. The van der Waals surface area contributed by atoms with E-state index in [2.05, 4.69) is 37.3 Å². The Labute approximate surface area is 151 Å². The number of anilines is 2. The Balaban J connectivity index is 1.53. The number of hydrogen-bond donors (Lipinski definition) is 1. The highest BCUT2D eigenvalue weighted by molar-refractivity contribution is 7.13. The Morgan fingerprint density at radius 3 is 2.84 bits per heavy atom. The van der Waals surface area contributed by atoms with Crippen LogP contribution in [0.2, 0.25) is 0 Å². The van der Waals surface area contributed by atoms with Crippen molar-refractivity contribution in [2.45, 2.75) is 31.8 Å². The minimum atomic E-state index is 0.321. The lowest BCUT2D eigenvalue weighted by molar-refractivity contribution is 0.137. The van der Waals surface area contributed by atoms with Crippen LogP contribution in [0.4, 0.5) is 11.1 Å². The normalized spacial score (nSPS) is 18.2. The molecule has 1 fully saturated rings. The second-order valence-electron chi connectivity index (χ2n) is 6.10. The molecule has 0 spiro atoms.